The van der Waals surface area contributed by atoms with Crippen LogP contribution < -0.4 is 0 Å². The summed E-state index contributed by atoms with van der Waals surface area (Å²) >= 11 is 0. The first-order valence-electron chi connectivity index (χ1n) is 9.60. The number of nitrogens with zero attached hydrogens (tertiary/aromatic N) is 2. The smallest absolute Gasteiger partial charge is 0.309 e. The number of ether oxygens (including phenoxy) is 2. The standard InChI is InChI=1S/C11H17NO3.C9H12N2O2/c1-4-15-11(14)8-5-9(7-12(2)3)10(13)6-8;1-2-13-9(12)6-3-7-5-10-11-8(7)4-6/h7-8H,4-6H2,1-3H3;5-6H,2-4H2,1H3,(H,10,11)/b9-7-;. The van der Waals surface area contributed by atoms with Gasteiger partial charge in [-0.1, -0.05) is 0 Å². The number of carbonyl (C=O) groups is 3. The van der Waals surface area contributed by atoms with Crippen LogP contribution in [0.1, 0.15) is 37.9 Å². The number of aromatic nitrogens is 2. The van der Waals surface area contributed by atoms with Crippen LogP contribution in [0.3, 0.4) is 0 Å². The summed E-state index contributed by atoms with van der Waals surface area (Å²) in [5.41, 5.74) is 2.95. The molecule has 1 heterocycles. The van der Waals surface area contributed by atoms with Crippen molar-refractivity contribution in [3.05, 3.63) is 29.2 Å². The van der Waals surface area contributed by atoms with Crippen molar-refractivity contribution >= 4 is 17.7 Å². The van der Waals surface area contributed by atoms with Crippen molar-refractivity contribution in [3.63, 3.8) is 0 Å². The Morgan fingerprint density at radius 1 is 1.11 bits per heavy atom. The topological polar surface area (TPSA) is 102 Å². The zero-order valence-electron chi connectivity index (χ0n) is 17.0. The molecule has 1 aromatic rings. The normalized spacial score (nSPS) is 21.7. The van der Waals surface area contributed by atoms with Gasteiger partial charge in [0.05, 0.1) is 31.2 Å². The second-order valence-electron chi connectivity index (χ2n) is 7.13. The van der Waals surface area contributed by atoms with Crippen molar-refractivity contribution in [3.8, 4) is 0 Å². The van der Waals surface area contributed by atoms with Gasteiger partial charge in [0.25, 0.3) is 0 Å². The van der Waals surface area contributed by atoms with E-state index in [0.717, 1.165) is 29.7 Å². The second-order valence-corrected chi connectivity index (χ2v) is 7.13. The summed E-state index contributed by atoms with van der Waals surface area (Å²) in [6.07, 6.45) is 5.88. The summed E-state index contributed by atoms with van der Waals surface area (Å²) in [5.74, 6) is -0.560. The second kappa shape index (κ2) is 10.1. The van der Waals surface area contributed by atoms with Crippen LogP contribution in [0, 0.1) is 11.8 Å². The van der Waals surface area contributed by atoms with Gasteiger partial charge in [0.1, 0.15) is 0 Å². The van der Waals surface area contributed by atoms with Gasteiger partial charge in [-0.3, -0.25) is 19.5 Å². The zero-order valence-corrected chi connectivity index (χ0v) is 17.0. The summed E-state index contributed by atoms with van der Waals surface area (Å²) in [4.78, 5) is 36.1. The molecule has 2 atom stereocenters. The minimum absolute atomic E-state index is 0.00389. The molecule has 0 spiro atoms. The molecule has 154 valence electrons. The molecule has 28 heavy (non-hydrogen) atoms. The molecule has 1 fully saturated rings. The lowest BCUT2D eigenvalue weighted by Crippen LogP contribution is -2.18. The molecule has 0 aromatic carbocycles. The fourth-order valence-electron chi connectivity index (χ4n) is 3.37. The molecule has 0 bridgehead atoms. The largest absolute Gasteiger partial charge is 0.466 e. The molecule has 1 N–H and O–H groups in total. The van der Waals surface area contributed by atoms with Gasteiger partial charge in [0.2, 0.25) is 0 Å². The molecule has 3 rings (SSSR count). The first-order valence-corrected chi connectivity index (χ1v) is 9.60. The van der Waals surface area contributed by atoms with Gasteiger partial charge in [-0.2, -0.15) is 5.10 Å². The zero-order chi connectivity index (χ0) is 20.7. The van der Waals surface area contributed by atoms with Gasteiger partial charge in [-0.05, 0) is 32.3 Å². The highest BCUT2D eigenvalue weighted by atomic mass is 16.5. The van der Waals surface area contributed by atoms with Gasteiger partial charge in [0, 0.05) is 44.4 Å². The lowest BCUT2D eigenvalue weighted by atomic mass is 10.1. The lowest BCUT2D eigenvalue weighted by Gasteiger charge is -2.07. The Kier molecular flexibility index (Phi) is 7.78. The van der Waals surface area contributed by atoms with Crippen molar-refractivity contribution in [2.45, 2.75) is 39.5 Å². The molecule has 2 unspecified atom stereocenters. The predicted octanol–water partition coefficient (Wildman–Crippen LogP) is 1.66. The number of hydrogen-bond acceptors (Lipinski definition) is 7. The van der Waals surface area contributed by atoms with Crippen LogP contribution in [0.15, 0.2) is 18.0 Å². The van der Waals surface area contributed by atoms with E-state index < -0.39 is 0 Å². The number of rotatable bonds is 5. The van der Waals surface area contributed by atoms with Crippen LogP contribution in [-0.2, 0) is 36.7 Å². The number of carbonyl (C=O) groups excluding carboxylic acids is 3. The molecule has 1 saturated carbocycles. The summed E-state index contributed by atoms with van der Waals surface area (Å²) in [6.45, 7) is 4.43. The number of H-pyrrole nitrogens is 1. The molecule has 8 heteroatoms. The number of Topliss-reactive ketones (excluding diaryl/α,β-unsaturated/α-hetero) is 1. The molecule has 1 aromatic heterocycles. The first-order chi connectivity index (χ1) is 13.3. The third kappa shape index (κ3) is 5.68. The van der Waals surface area contributed by atoms with Crippen molar-refractivity contribution < 1.29 is 23.9 Å². The number of ketones is 1. The quantitative estimate of drug-likeness (QED) is 0.602. The van der Waals surface area contributed by atoms with Crippen LogP contribution in [-0.4, -0.2) is 60.1 Å². The molecular weight excluding hydrogens is 362 g/mol. The van der Waals surface area contributed by atoms with Crippen LogP contribution in [0.4, 0.5) is 0 Å². The van der Waals surface area contributed by atoms with Crippen LogP contribution in [0.2, 0.25) is 0 Å². The maximum absolute atomic E-state index is 11.5. The number of esters is 2. The first kappa shape index (κ1) is 21.7. The minimum Gasteiger partial charge on any atom is -0.466 e. The lowest BCUT2D eigenvalue weighted by molar-refractivity contribution is -0.148. The van der Waals surface area contributed by atoms with Gasteiger partial charge in [-0.25, -0.2) is 0 Å². The summed E-state index contributed by atoms with van der Waals surface area (Å²) in [7, 11) is 3.72. The maximum atomic E-state index is 11.5. The Hall–Kier alpha value is -2.64. The Morgan fingerprint density at radius 3 is 2.25 bits per heavy atom. The van der Waals surface area contributed by atoms with E-state index in [1.165, 1.54) is 0 Å². The highest BCUT2D eigenvalue weighted by molar-refractivity contribution is 6.01. The molecule has 2 aliphatic rings. The Morgan fingerprint density at radius 2 is 1.71 bits per heavy atom. The predicted molar refractivity (Wildman–Crippen MR) is 102 cm³/mol. The monoisotopic (exact) mass is 391 g/mol. The molecule has 0 saturated heterocycles. The van der Waals surface area contributed by atoms with Crippen LogP contribution in [0.25, 0.3) is 0 Å². The van der Waals surface area contributed by atoms with Gasteiger partial charge in [0.15, 0.2) is 5.78 Å². The van der Waals surface area contributed by atoms with E-state index in [1.807, 2.05) is 25.9 Å². The molecule has 8 nitrogen and oxygen atoms in total. The van der Waals surface area contributed by atoms with Crippen molar-refractivity contribution in [1.82, 2.24) is 15.1 Å². The van der Waals surface area contributed by atoms with E-state index >= 15 is 0 Å². The molecule has 0 radical (unpaired) electrons. The van der Waals surface area contributed by atoms with E-state index in [9.17, 15) is 14.4 Å². The average Bonchev–Trinajstić information content (AvgIpc) is 3.31. The third-order valence-corrected chi connectivity index (χ3v) is 4.63. The van der Waals surface area contributed by atoms with E-state index in [4.69, 9.17) is 9.47 Å². The molecular formula is C20H29N3O5. The number of hydrogen-bond donors (Lipinski definition) is 1. The van der Waals surface area contributed by atoms with Gasteiger partial charge in [-0.15, -0.1) is 0 Å². The van der Waals surface area contributed by atoms with Crippen molar-refractivity contribution in [2.24, 2.45) is 11.8 Å². The van der Waals surface area contributed by atoms with Gasteiger partial charge >= 0.3 is 11.9 Å². The molecule has 2 aliphatic carbocycles. The SMILES string of the molecule is CCOC(=O)C1CC(=O)/C(=C\N(C)C)C1.CCOC(=O)C1Cc2cn[nH]c2C1. The summed E-state index contributed by atoms with van der Waals surface area (Å²) < 4.78 is 9.85. The Balaban J connectivity index is 0.000000202. The van der Waals surface area contributed by atoms with E-state index in [1.54, 1.807) is 19.3 Å². The number of aromatic amines is 1. The summed E-state index contributed by atoms with van der Waals surface area (Å²) in [6, 6.07) is 0. The number of fused-ring (bicyclic) bond motifs is 1. The highest BCUT2D eigenvalue weighted by Crippen LogP contribution is 2.28. The van der Waals surface area contributed by atoms with E-state index in [0.29, 0.717) is 26.1 Å². The molecule has 0 aliphatic heterocycles. The van der Waals surface area contributed by atoms with Gasteiger partial charge < -0.3 is 14.4 Å². The van der Waals surface area contributed by atoms with Crippen LogP contribution in [0.5, 0.6) is 0 Å². The van der Waals surface area contributed by atoms with E-state index in [-0.39, 0.29) is 29.6 Å². The maximum Gasteiger partial charge on any atom is 0.309 e. The van der Waals surface area contributed by atoms with Crippen LogP contribution >= 0.6 is 0 Å². The van der Waals surface area contributed by atoms with Crippen molar-refractivity contribution in [2.75, 3.05) is 27.3 Å². The fraction of sp³-hybridized carbons (Fsp3) is 0.600. The Bertz CT molecular complexity index is 717. The summed E-state index contributed by atoms with van der Waals surface area (Å²) in [5, 5.41) is 6.79. The minimum atomic E-state index is -0.274. The molecule has 0 amide bonds. The van der Waals surface area contributed by atoms with E-state index in [2.05, 4.69) is 10.2 Å². The Labute approximate surface area is 165 Å². The fourth-order valence-corrected chi connectivity index (χ4v) is 3.37. The van der Waals surface area contributed by atoms with Crippen molar-refractivity contribution in [1.29, 1.82) is 0 Å². The average molecular weight is 391 g/mol. The third-order valence-electron chi connectivity index (χ3n) is 4.63. The number of nitrogens with one attached hydrogen (secondary N) is 1. The highest BCUT2D eigenvalue weighted by Gasteiger charge is 2.33. The number of allylic oxidation sites excluding steroid dienone is 1.